The lowest BCUT2D eigenvalue weighted by atomic mass is 9.99. The van der Waals surface area contributed by atoms with Crippen LogP contribution in [-0.4, -0.2) is 11.2 Å². The first-order valence-electron chi connectivity index (χ1n) is 5.41. The molecule has 1 saturated carbocycles. The fourth-order valence-corrected chi connectivity index (χ4v) is 1.85. The smallest absolute Gasteiger partial charge is 0.257 e. The molecular weight excluding hydrogens is 215 g/mol. The summed E-state index contributed by atoms with van der Waals surface area (Å²) in [5.41, 5.74) is -0.739. The molecule has 0 atom stereocenters. The van der Waals surface area contributed by atoms with Gasteiger partial charge in [0, 0.05) is 5.69 Å². The number of halogens is 3. The van der Waals surface area contributed by atoms with Gasteiger partial charge in [-0.3, -0.25) is 4.98 Å². The van der Waals surface area contributed by atoms with E-state index in [1.165, 1.54) is 6.07 Å². The van der Waals surface area contributed by atoms with E-state index in [1.54, 1.807) is 12.1 Å². The molecule has 1 heterocycles. The first-order valence-corrected chi connectivity index (χ1v) is 5.41. The molecule has 1 fully saturated rings. The van der Waals surface area contributed by atoms with E-state index in [4.69, 9.17) is 0 Å². The van der Waals surface area contributed by atoms with Crippen molar-refractivity contribution in [2.45, 2.75) is 44.2 Å². The Kier molecular flexibility index (Phi) is 2.48. The van der Waals surface area contributed by atoms with Crippen molar-refractivity contribution in [2.24, 2.45) is 0 Å². The average molecular weight is 229 g/mol. The van der Waals surface area contributed by atoms with Crippen molar-refractivity contribution in [1.29, 1.82) is 0 Å². The summed E-state index contributed by atoms with van der Waals surface area (Å²) in [6.07, 6.45) is -3.83. The molecule has 1 aliphatic rings. The molecule has 1 aromatic heterocycles. The first kappa shape index (κ1) is 11.4. The van der Waals surface area contributed by atoms with Crippen molar-refractivity contribution in [3.8, 4) is 0 Å². The van der Waals surface area contributed by atoms with Gasteiger partial charge >= 0.3 is 6.18 Å². The zero-order chi connectivity index (χ0) is 12.0. The Labute approximate surface area is 92.7 Å². The highest BCUT2D eigenvalue weighted by atomic mass is 19.4. The Morgan fingerprint density at radius 3 is 2.31 bits per heavy atom. The summed E-state index contributed by atoms with van der Waals surface area (Å²) in [6.45, 7) is 3.86. The maximum absolute atomic E-state index is 12.9. The van der Waals surface area contributed by atoms with E-state index < -0.39 is 11.6 Å². The van der Waals surface area contributed by atoms with Crippen molar-refractivity contribution >= 4 is 0 Å². The topological polar surface area (TPSA) is 12.9 Å². The molecule has 0 spiro atoms. The highest BCUT2D eigenvalue weighted by Crippen LogP contribution is 2.58. The fraction of sp³-hybridized carbons (Fsp3) is 0.583. The zero-order valence-electron chi connectivity index (χ0n) is 9.30. The normalized spacial score (nSPS) is 18.9. The van der Waals surface area contributed by atoms with Crippen LogP contribution in [0, 0.1) is 0 Å². The molecule has 0 unspecified atom stereocenters. The monoisotopic (exact) mass is 229 g/mol. The van der Waals surface area contributed by atoms with Crippen LogP contribution < -0.4 is 0 Å². The van der Waals surface area contributed by atoms with E-state index >= 15 is 0 Å². The Morgan fingerprint density at radius 2 is 1.88 bits per heavy atom. The highest BCUT2D eigenvalue weighted by Gasteiger charge is 2.65. The molecule has 0 aromatic carbocycles. The van der Waals surface area contributed by atoms with Crippen LogP contribution in [0.15, 0.2) is 18.2 Å². The predicted molar refractivity (Wildman–Crippen MR) is 55.3 cm³/mol. The number of hydrogen-bond acceptors (Lipinski definition) is 1. The molecule has 2 rings (SSSR count). The van der Waals surface area contributed by atoms with Crippen LogP contribution in [0.3, 0.4) is 0 Å². The van der Waals surface area contributed by atoms with Crippen LogP contribution in [0.5, 0.6) is 0 Å². The number of nitrogens with zero attached hydrogens (tertiary/aromatic N) is 1. The highest BCUT2D eigenvalue weighted by molar-refractivity contribution is 5.29. The molecular formula is C12H14F3N. The SMILES string of the molecule is CC(C)c1cccc(C2(C(F)(F)F)CC2)n1. The summed E-state index contributed by atoms with van der Waals surface area (Å²) in [4.78, 5) is 4.15. The second-order valence-corrected chi connectivity index (χ2v) is 4.68. The second kappa shape index (κ2) is 3.47. The van der Waals surface area contributed by atoms with Crippen molar-refractivity contribution in [1.82, 2.24) is 4.98 Å². The minimum Gasteiger partial charge on any atom is -0.257 e. The van der Waals surface area contributed by atoms with Gasteiger partial charge in [-0.15, -0.1) is 0 Å². The summed E-state index contributed by atoms with van der Waals surface area (Å²) in [5, 5.41) is 0. The quantitative estimate of drug-likeness (QED) is 0.751. The van der Waals surface area contributed by atoms with Gasteiger partial charge in [0.1, 0.15) is 5.41 Å². The van der Waals surface area contributed by atoms with Gasteiger partial charge < -0.3 is 0 Å². The maximum atomic E-state index is 12.9. The van der Waals surface area contributed by atoms with Crippen molar-refractivity contribution in [2.75, 3.05) is 0 Å². The standard InChI is InChI=1S/C12H14F3N/c1-8(2)9-4-3-5-10(16-9)11(6-7-11)12(13,14)15/h3-5,8H,6-7H2,1-2H3. The second-order valence-electron chi connectivity index (χ2n) is 4.68. The van der Waals surface area contributed by atoms with Crippen LogP contribution in [0.1, 0.15) is 44.0 Å². The molecule has 88 valence electrons. The summed E-state index contributed by atoms with van der Waals surface area (Å²) in [7, 11) is 0. The molecule has 0 aliphatic heterocycles. The number of pyridine rings is 1. The van der Waals surface area contributed by atoms with Crippen molar-refractivity contribution in [3.63, 3.8) is 0 Å². The van der Waals surface area contributed by atoms with Crippen molar-refractivity contribution < 1.29 is 13.2 Å². The van der Waals surface area contributed by atoms with Gasteiger partial charge in [0.15, 0.2) is 0 Å². The molecule has 1 nitrogen and oxygen atoms in total. The van der Waals surface area contributed by atoms with Gasteiger partial charge in [0.05, 0.1) is 5.69 Å². The average Bonchev–Trinajstić information content (AvgIpc) is 2.97. The van der Waals surface area contributed by atoms with Crippen LogP contribution in [-0.2, 0) is 5.41 Å². The maximum Gasteiger partial charge on any atom is 0.399 e. The van der Waals surface area contributed by atoms with Crippen LogP contribution >= 0.6 is 0 Å². The Bertz CT molecular complexity index is 391. The lowest BCUT2D eigenvalue weighted by molar-refractivity contribution is -0.161. The fourth-order valence-electron chi connectivity index (χ4n) is 1.85. The third-order valence-corrected chi connectivity index (χ3v) is 3.15. The minimum atomic E-state index is -4.17. The van der Waals surface area contributed by atoms with E-state index in [0.717, 1.165) is 5.69 Å². The van der Waals surface area contributed by atoms with E-state index in [9.17, 15) is 13.2 Å². The molecule has 0 radical (unpaired) electrons. The van der Waals surface area contributed by atoms with E-state index in [1.807, 2.05) is 13.8 Å². The Balaban J connectivity index is 2.38. The largest absolute Gasteiger partial charge is 0.399 e. The molecule has 0 amide bonds. The van der Waals surface area contributed by atoms with Crippen LogP contribution in [0.25, 0.3) is 0 Å². The molecule has 0 bridgehead atoms. The molecule has 4 heteroatoms. The van der Waals surface area contributed by atoms with Gasteiger partial charge in [0.25, 0.3) is 0 Å². The summed E-state index contributed by atoms with van der Waals surface area (Å²) < 4.78 is 38.6. The van der Waals surface area contributed by atoms with Gasteiger partial charge in [0.2, 0.25) is 0 Å². The number of rotatable bonds is 2. The van der Waals surface area contributed by atoms with Gasteiger partial charge in [-0.1, -0.05) is 19.9 Å². The number of alkyl halides is 3. The summed E-state index contributed by atoms with van der Waals surface area (Å²) >= 11 is 0. The van der Waals surface area contributed by atoms with Gasteiger partial charge in [-0.05, 0) is 30.9 Å². The first-order chi connectivity index (χ1) is 7.37. The predicted octanol–water partition coefficient (Wildman–Crippen LogP) is 3.80. The van der Waals surface area contributed by atoms with Gasteiger partial charge in [-0.2, -0.15) is 13.2 Å². The summed E-state index contributed by atoms with van der Waals surface area (Å²) in [5.74, 6) is 0.156. The van der Waals surface area contributed by atoms with Gasteiger partial charge in [-0.25, -0.2) is 0 Å². The third kappa shape index (κ3) is 1.70. The molecule has 1 aliphatic carbocycles. The lowest BCUT2D eigenvalue weighted by Crippen LogP contribution is -2.29. The van der Waals surface area contributed by atoms with E-state index in [0.29, 0.717) is 0 Å². The Morgan fingerprint density at radius 1 is 1.25 bits per heavy atom. The lowest BCUT2D eigenvalue weighted by Gasteiger charge is -2.19. The third-order valence-electron chi connectivity index (χ3n) is 3.15. The Hall–Kier alpha value is -1.06. The molecule has 0 saturated heterocycles. The number of hydrogen-bond donors (Lipinski definition) is 0. The van der Waals surface area contributed by atoms with E-state index in [2.05, 4.69) is 4.98 Å². The number of aromatic nitrogens is 1. The zero-order valence-corrected chi connectivity index (χ0v) is 9.30. The van der Waals surface area contributed by atoms with Crippen molar-refractivity contribution in [3.05, 3.63) is 29.6 Å². The molecule has 16 heavy (non-hydrogen) atoms. The summed E-state index contributed by atoms with van der Waals surface area (Å²) in [6, 6.07) is 4.94. The minimum absolute atomic E-state index is 0.156. The van der Waals surface area contributed by atoms with Crippen LogP contribution in [0.2, 0.25) is 0 Å². The molecule has 0 N–H and O–H groups in total. The molecule has 1 aromatic rings. The van der Waals surface area contributed by atoms with E-state index in [-0.39, 0.29) is 24.5 Å². The van der Waals surface area contributed by atoms with Crippen LogP contribution in [0.4, 0.5) is 13.2 Å².